The zero-order valence-electron chi connectivity index (χ0n) is 14.9. The van der Waals surface area contributed by atoms with Gasteiger partial charge in [-0.15, -0.1) is 12.4 Å². The highest BCUT2D eigenvalue weighted by Crippen LogP contribution is 2.38. The lowest BCUT2D eigenvalue weighted by atomic mass is 10.1. The van der Waals surface area contributed by atoms with Crippen LogP contribution in [0, 0.1) is 0 Å². The van der Waals surface area contributed by atoms with Crippen molar-refractivity contribution in [3.8, 4) is 17.2 Å². The number of allylic oxidation sites excluding steroid dienone is 2. The molecule has 0 heterocycles. The van der Waals surface area contributed by atoms with Gasteiger partial charge in [-0.1, -0.05) is 23.8 Å². The van der Waals surface area contributed by atoms with E-state index in [1.165, 1.54) is 11.1 Å². The smallest absolute Gasteiger partial charge is 0.203 e. The van der Waals surface area contributed by atoms with E-state index in [4.69, 9.17) is 14.2 Å². The monoisotopic (exact) mass is 341 g/mol. The molecule has 0 aliphatic carbocycles. The van der Waals surface area contributed by atoms with E-state index >= 15 is 0 Å². The van der Waals surface area contributed by atoms with Gasteiger partial charge in [-0.2, -0.15) is 0 Å². The molecule has 0 aliphatic rings. The number of hydrogen-bond donors (Lipinski definition) is 0. The van der Waals surface area contributed by atoms with Crippen LogP contribution >= 0.6 is 12.4 Å². The van der Waals surface area contributed by atoms with Crippen molar-refractivity contribution in [2.75, 3.05) is 34.9 Å². The summed E-state index contributed by atoms with van der Waals surface area (Å²) < 4.78 is 16.1. The second-order valence-corrected chi connectivity index (χ2v) is 5.37. The number of halogens is 1. The summed E-state index contributed by atoms with van der Waals surface area (Å²) in [5, 5.41) is 0. The van der Waals surface area contributed by atoms with Gasteiger partial charge in [0.1, 0.15) is 0 Å². The highest BCUT2D eigenvalue weighted by molar-refractivity contribution is 5.85. The van der Waals surface area contributed by atoms with Crippen LogP contribution in [0.4, 0.5) is 0 Å². The summed E-state index contributed by atoms with van der Waals surface area (Å²) in [6.07, 6.45) is 1.89. The number of likely N-dealkylation sites (N-methyl/N-ethyl adjacent to an activating group) is 1. The van der Waals surface area contributed by atoms with E-state index in [9.17, 15) is 0 Å². The first-order valence-corrected chi connectivity index (χ1v) is 7.23. The summed E-state index contributed by atoms with van der Waals surface area (Å²) in [6.45, 7) is 9.69. The van der Waals surface area contributed by atoms with Crippen LogP contribution in [0.15, 0.2) is 35.9 Å². The Morgan fingerprint density at radius 1 is 1.09 bits per heavy atom. The summed E-state index contributed by atoms with van der Waals surface area (Å²) >= 11 is 0. The zero-order chi connectivity index (χ0) is 16.7. The normalized spacial score (nSPS) is 11.4. The number of hydrogen-bond acceptors (Lipinski definition) is 4. The number of rotatable bonds is 8. The van der Waals surface area contributed by atoms with Crippen molar-refractivity contribution in [2.45, 2.75) is 20.4 Å². The molecule has 130 valence electrons. The molecule has 0 aliphatic heterocycles. The Labute approximate surface area is 146 Å². The van der Waals surface area contributed by atoms with Crippen LogP contribution in [0.2, 0.25) is 0 Å². The molecule has 1 rings (SSSR count). The molecule has 23 heavy (non-hydrogen) atoms. The second kappa shape index (κ2) is 10.2. The van der Waals surface area contributed by atoms with E-state index < -0.39 is 0 Å². The zero-order valence-corrected chi connectivity index (χ0v) is 15.8. The maximum atomic E-state index is 5.39. The van der Waals surface area contributed by atoms with E-state index in [2.05, 4.69) is 32.4 Å². The molecule has 0 fully saturated rings. The molecule has 0 unspecified atom stereocenters. The predicted molar refractivity (Wildman–Crippen MR) is 98.3 cm³/mol. The van der Waals surface area contributed by atoms with E-state index in [-0.39, 0.29) is 12.4 Å². The van der Waals surface area contributed by atoms with Gasteiger partial charge in [-0.25, -0.2) is 0 Å². The summed E-state index contributed by atoms with van der Waals surface area (Å²) in [5.74, 6) is 1.98. The van der Waals surface area contributed by atoms with E-state index in [0.717, 1.165) is 18.7 Å². The number of nitrogens with zero attached hydrogens (tertiary/aromatic N) is 1. The minimum absolute atomic E-state index is 0. The van der Waals surface area contributed by atoms with Gasteiger partial charge in [-0.3, -0.25) is 4.90 Å². The third kappa shape index (κ3) is 5.81. The van der Waals surface area contributed by atoms with Gasteiger partial charge >= 0.3 is 0 Å². The highest BCUT2D eigenvalue weighted by atomic mass is 35.5. The number of benzene rings is 1. The summed E-state index contributed by atoms with van der Waals surface area (Å²) in [7, 11) is 6.96. The van der Waals surface area contributed by atoms with Gasteiger partial charge in [0.25, 0.3) is 0 Å². The van der Waals surface area contributed by atoms with E-state index in [1.54, 1.807) is 21.3 Å². The molecule has 4 nitrogen and oxygen atoms in total. The van der Waals surface area contributed by atoms with Crippen LogP contribution < -0.4 is 14.2 Å². The minimum Gasteiger partial charge on any atom is -0.493 e. The molecule has 0 aromatic heterocycles. The van der Waals surface area contributed by atoms with Crippen LogP contribution in [-0.2, 0) is 6.54 Å². The van der Waals surface area contributed by atoms with Crippen LogP contribution in [0.5, 0.6) is 17.2 Å². The molecule has 0 amide bonds. The van der Waals surface area contributed by atoms with Crippen LogP contribution in [0.25, 0.3) is 0 Å². The maximum absolute atomic E-state index is 5.39. The van der Waals surface area contributed by atoms with Gasteiger partial charge in [0, 0.05) is 13.1 Å². The largest absolute Gasteiger partial charge is 0.493 e. The van der Waals surface area contributed by atoms with Gasteiger partial charge in [0.2, 0.25) is 5.75 Å². The lowest BCUT2D eigenvalue weighted by molar-refractivity contribution is 0.319. The van der Waals surface area contributed by atoms with Crippen LogP contribution in [-0.4, -0.2) is 39.8 Å². The molecule has 0 bridgehead atoms. The Hall–Kier alpha value is -1.65. The first-order chi connectivity index (χ1) is 10.5. The van der Waals surface area contributed by atoms with Gasteiger partial charge < -0.3 is 14.2 Å². The fourth-order valence-electron chi connectivity index (χ4n) is 2.30. The molecule has 0 saturated carbocycles. The Morgan fingerprint density at radius 3 is 2.00 bits per heavy atom. The molecule has 0 saturated heterocycles. The van der Waals surface area contributed by atoms with Crippen molar-refractivity contribution < 1.29 is 14.2 Å². The van der Waals surface area contributed by atoms with Crippen molar-refractivity contribution in [3.05, 3.63) is 41.5 Å². The maximum Gasteiger partial charge on any atom is 0.203 e. The van der Waals surface area contributed by atoms with Gasteiger partial charge in [0.05, 0.1) is 21.3 Å². The fraction of sp³-hybridized carbons (Fsp3) is 0.444. The quantitative estimate of drug-likeness (QED) is 0.666. The first kappa shape index (κ1) is 21.4. The van der Waals surface area contributed by atoms with Crippen LogP contribution in [0.1, 0.15) is 19.4 Å². The molecule has 1 aromatic carbocycles. The minimum atomic E-state index is 0. The summed E-state index contributed by atoms with van der Waals surface area (Å²) in [5.41, 5.74) is 3.64. The average Bonchev–Trinajstić information content (AvgIpc) is 2.52. The van der Waals surface area contributed by atoms with Crippen molar-refractivity contribution in [1.29, 1.82) is 0 Å². The van der Waals surface area contributed by atoms with Crippen molar-refractivity contribution in [2.24, 2.45) is 0 Å². The SMILES string of the molecule is C=CC(C)=C(C)CN(C)Cc1cc(OC)c(OC)c(OC)c1.Cl. The lowest BCUT2D eigenvalue weighted by Gasteiger charge is -2.20. The molecule has 0 atom stereocenters. The predicted octanol–water partition coefficient (Wildman–Crippen LogP) is 4.09. The Bertz CT molecular complexity index is 530. The topological polar surface area (TPSA) is 30.9 Å². The number of methoxy groups -OCH3 is 3. The third-order valence-electron chi connectivity index (χ3n) is 3.66. The standard InChI is InChI=1S/C18H27NO3.ClH/c1-8-13(2)14(3)11-19(4)12-15-9-16(20-5)18(22-7)17(10-15)21-6;/h8-10H,1,11-12H2,2-7H3;1H. The van der Waals surface area contributed by atoms with Gasteiger partial charge in [-0.05, 0) is 38.6 Å². The fourth-order valence-corrected chi connectivity index (χ4v) is 2.30. The van der Waals surface area contributed by atoms with Crippen LogP contribution in [0.3, 0.4) is 0 Å². The Balaban J connectivity index is 0.00000484. The van der Waals surface area contributed by atoms with E-state index in [0.29, 0.717) is 17.2 Å². The van der Waals surface area contributed by atoms with Gasteiger partial charge in [0.15, 0.2) is 11.5 Å². The lowest BCUT2D eigenvalue weighted by Crippen LogP contribution is -2.20. The van der Waals surface area contributed by atoms with E-state index in [1.807, 2.05) is 18.2 Å². The number of ether oxygens (including phenoxy) is 3. The molecule has 1 aromatic rings. The molecular formula is C18H28ClNO3. The highest BCUT2D eigenvalue weighted by Gasteiger charge is 2.14. The molecular weight excluding hydrogens is 314 g/mol. The molecule has 0 spiro atoms. The molecule has 0 N–H and O–H groups in total. The van der Waals surface area contributed by atoms with Crippen molar-refractivity contribution >= 4 is 12.4 Å². The third-order valence-corrected chi connectivity index (χ3v) is 3.66. The first-order valence-electron chi connectivity index (χ1n) is 7.23. The average molecular weight is 342 g/mol. The molecule has 0 radical (unpaired) electrons. The Morgan fingerprint density at radius 2 is 1.61 bits per heavy atom. The van der Waals surface area contributed by atoms with Crippen molar-refractivity contribution in [1.82, 2.24) is 4.90 Å². The van der Waals surface area contributed by atoms with Crippen molar-refractivity contribution in [3.63, 3.8) is 0 Å². The Kier molecular flexibility index (Phi) is 9.46. The summed E-state index contributed by atoms with van der Waals surface area (Å²) in [6, 6.07) is 3.97. The summed E-state index contributed by atoms with van der Waals surface area (Å²) in [4.78, 5) is 2.24. The molecule has 5 heteroatoms. The second-order valence-electron chi connectivity index (χ2n) is 5.37.